The van der Waals surface area contributed by atoms with Crippen LogP contribution in [-0.4, -0.2) is 53.6 Å². The predicted molar refractivity (Wildman–Crippen MR) is 89.6 cm³/mol. The molecule has 1 heterocycles. The number of hydrogen-bond donors (Lipinski definition) is 1. The fourth-order valence-corrected chi connectivity index (χ4v) is 3.47. The molecule has 4 heteroatoms. The maximum atomic E-state index is 10.1. The molecule has 1 rings (SSSR count). The van der Waals surface area contributed by atoms with Gasteiger partial charge in [-0.15, -0.1) is 6.58 Å². The predicted octanol–water partition coefficient (Wildman–Crippen LogP) is 3.14. The number of unbranched alkanes of at least 4 members (excludes halogenated alkanes) is 1. The summed E-state index contributed by atoms with van der Waals surface area (Å²) in [5, 5.41) is 10.1. The molecular weight excluding hydrogens is 268 g/mol. The summed E-state index contributed by atoms with van der Waals surface area (Å²) < 4.78 is 2.29. The Morgan fingerprint density at radius 3 is 2.45 bits per heavy atom. The third-order valence-corrected chi connectivity index (χ3v) is 5.09. The van der Waals surface area contributed by atoms with Gasteiger partial charge in [0.15, 0.2) is 0 Å². The fourth-order valence-electron chi connectivity index (χ4n) is 2.27. The van der Waals surface area contributed by atoms with Crippen molar-refractivity contribution in [1.29, 1.82) is 0 Å². The summed E-state index contributed by atoms with van der Waals surface area (Å²) in [7, 11) is 4.07. The van der Waals surface area contributed by atoms with E-state index in [1.807, 2.05) is 32.1 Å². The van der Waals surface area contributed by atoms with Crippen LogP contribution in [0.25, 0.3) is 0 Å². The van der Waals surface area contributed by atoms with Crippen molar-refractivity contribution < 1.29 is 5.11 Å². The van der Waals surface area contributed by atoms with Crippen LogP contribution in [-0.2, 0) is 0 Å². The summed E-state index contributed by atoms with van der Waals surface area (Å²) in [6.45, 7) is 12.2. The summed E-state index contributed by atoms with van der Waals surface area (Å²) in [5.74, 6) is 0. The zero-order valence-electron chi connectivity index (χ0n) is 13.6. The van der Waals surface area contributed by atoms with E-state index in [0.717, 1.165) is 25.9 Å². The number of nitrogens with zero attached hydrogens (tertiary/aromatic N) is 2. The van der Waals surface area contributed by atoms with Gasteiger partial charge in [0.25, 0.3) is 0 Å². The number of aliphatic hydroxyl groups excluding tert-OH is 1. The number of rotatable bonds is 6. The van der Waals surface area contributed by atoms with Crippen molar-refractivity contribution in [2.75, 3.05) is 27.2 Å². The summed E-state index contributed by atoms with van der Waals surface area (Å²) in [6, 6.07) is 0.233. The number of hydrogen-bond acceptors (Lipinski definition) is 4. The van der Waals surface area contributed by atoms with Gasteiger partial charge in [-0.1, -0.05) is 32.9 Å². The van der Waals surface area contributed by atoms with Gasteiger partial charge in [-0.25, -0.2) is 4.31 Å². The van der Waals surface area contributed by atoms with Gasteiger partial charge in [-0.3, -0.25) is 0 Å². The van der Waals surface area contributed by atoms with Crippen LogP contribution in [0, 0.1) is 5.41 Å². The van der Waals surface area contributed by atoms with Gasteiger partial charge in [0, 0.05) is 24.0 Å². The summed E-state index contributed by atoms with van der Waals surface area (Å²) in [5.41, 5.74) is 0.146. The number of allylic oxidation sites excluding steroid dienone is 3. The molecule has 0 saturated carbocycles. The Bertz CT molecular complexity index is 347. The van der Waals surface area contributed by atoms with Crippen LogP contribution in [0.1, 0.15) is 33.6 Å². The quantitative estimate of drug-likeness (QED) is 0.463. The average Bonchev–Trinajstić information content (AvgIpc) is 2.68. The van der Waals surface area contributed by atoms with E-state index < -0.39 is 0 Å². The van der Waals surface area contributed by atoms with Crippen molar-refractivity contribution in [3.63, 3.8) is 0 Å². The zero-order chi connectivity index (χ0) is 15.3. The van der Waals surface area contributed by atoms with Crippen LogP contribution in [0.2, 0.25) is 0 Å². The van der Waals surface area contributed by atoms with Crippen molar-refractivity contribution in [1.82, 2.24) is 9.21 Å². The van der Waals surface area contributed by atoms with Crippen LogP contribution < -0.4 is 0 Å². The Kier molecular flexibility index (Phi) is 6.79. The second-order valence-corrected chi connectivity index (χ2v) is 7.86. The molecule has 1 aliphatic heterocycles. The van der Waals surface area contributed by atoms with E-state index in [0.29, 0.717) is 0 Å². The molecule has 0 aromatic rings. The molecule has 1 N–H and O–H groups in total. The van der Waals surface area contributed by atoms with Crippen molar-refractivity contribution in [2.24, 2.45) is 5.41 Å². The standard InChI is InChI=1S/C16H30N2OS/c1-7-8-9-10-15(16(2,3)4)20-18-11-13(17(5)6)14(19)12-18/h7,10,13-14,19H,1,8-9,11-12H2,2-6H3/b15-10+. The van der Waals surface area contributed by atoms with Gasteiger partial charge in [0.05, 0.1) is 6.10 Å². The first-order valence-electron chi connectivity index (χ1n) is 7.34. The van der Waals surface area contributed by atoms with Gasteiger partial charge >= 0.3 is 0 Å². The smallest absolute Gasteiger partial charge is 0.0844 e. The average molecular weight is 298 g/mol. The second-order valence-electron chi connectivity index (χ2n) is 6.72. The molecule has 20 heavy (non-hydrogen) atoms. The van der Waals surface area contributed by atoms with E-state index in [-0.39, 0.29) is 17.6 Å². The lowest BCUT2D eigenvalue weighted by Gasteiger charge is -2.27. The SMILES string of the molecule is C=CCC/C=C(/SN1CC(O)C(N(C)C)C1)C(C)(C)C. The number of β-amino-alcohol motifs (C(OH)–C–C–N with tert-alkyl or cyclic N) is 1. The molecule has 1 fully saturated rings. The molecule has 3 nitrogen and oxygen atoms in total. The lowest BCUT2D eigenvalue weighted by Crippen LogP contribution is -2.37. The molecule has 2 atom stereocenters. The molecule has 0 aliphatic carbocycles. The van der Waals surface area contributed by atoms with Gasteiger partial charge in [-0.05, 0) is 44.3 Å². The monoisotopic (exact) mass is 298 g/mol. The number of aliphatic hydroxyl groups is 1. The second kappa shape index (κ2) is 7.64. The highest BCUT2D eigenvalue weighted by Gasteiger charge is 2.34. The third kappa shape index (κ3) is 5.24. The highest BCUT2D eigenvalue weighted by Crippen LogP contribution is 2.38. The molecule has 2 unspecified atom stereocenters. The van der Waals surface area contributed by atoms with Crippen LogP contribution in [0.15, 0.2) is 23.6 Å². The molecule has 0 radical (unpaired) electrons. The molecule has 1 aliphatic rings. The molecule has 0 bridgehead atoms. The lowest BCUT2D eigenvalue weighted by molar-refractivity contribution is 0.113. The van der Waals surface area contributed by atoms with E-state index in [9.17, 15) is 5.11 Å². The Labute approximate surface area is 128 Å². The number of likely N-dealkylation sites (N-methyl/N-ethyl adjacent to an activating group) is 1. The first kappa shape index (κ1) is 17.8. The minimum atomic E-state index is -0.258. The third-order valence-electron chi connectivity index (χ3n) is 3.56. The Hall–Kier alpha value is -0.290. The van der Waals surface area contributed by atoms with Crippen LogP contribution in [0.3, 0.4) is 0 Å². The fraction of sp³-hybridized carbons (Fsp3) is 0.750. The van der Waals surface area contributed by atoms with Crippen molar-refractivity contribution in [2.45, 2.75) is 45.8 Å². The van der Waals surface area contributed by atoms with Crippen molar-refractivity contribution in [3.05, 3.63) is 23.6 Å². The van der Waals surface area contributed by atoms with E-state index in [1.54, 1.807) is 0 Å². The lowest BCUT2D eigenvalue weighted by atomic mass is 9.95. The summed E-state index contributed by atoms with van der Waals surface area (Å²) in [4.78, 5) is 3.50. The van der Waals surface area contributed by atoms with Gasteiger partial charge in [0.1, 0.15) is 0 Å². The molecule has 0 aromatic carbocycles. The molecule has 116 valence electrons. The highest BCUT2D eigenvalue weighted by molar-refractivity contribution is 8.00. The minimum absolute atomic E-state index is 0.146. The maximum Gasteiger partial charge on any atom is 0.0844 e. The van der Waals surface area contributed by atoms with E-state index >= 15 is 0 Å². The van der Waals surface area contributed by atoms with Crippen molar-refractivity contribution >= 4 is 11.9 Å². The Morgan fingerprint density at radius 1 is 1.35 bits per heavy atom. The molecule has 1 saturated heterocycles. The van der Waals surface area contributed by atoms with Crippen LogP contribution >= 0.6 is 11.9 Å². The largest absolute Gasteiger partial charge is 0.390 e. The van der Waals surface area contributed by atoms with Gasteiger partial charge in [-0.2, -0.15) is 0 Å². The van der Waals surface area contributed by atoms with Crippen LogP contribution in [0.4, 0.5) is 0 Å². The zero-order valence-corrected chi connectivity index (χ0v) is 14.4. The van der Waals surface area contributed by atoms with E-state index in [1.165, 1.54) is 4.91 Å². The Morgan fingerprint density at radius 2 is 2.00 bits per heavy atom. The summed E-state index contributed by atoms with van der Waals surface area (Å²) in [6.07, 6.45) is 6.08. The first-order chi connectivity index (χ1) is 9.25. The van der Waals surface area contributed by atoms with Crippen molar-refractivity contribution in [3.8, 4) is 0 Å². The molecule has 0 spiro atoms. The van der Waals surface area contributed by atoms with Gasteiger partial charge < -0.3 is 10.0 Å². The normalized spacial score (nSPS) is 25.4. The van der Waals surface area contributed by atoms with E-state index in [4.69, 9.17) is 0 Å². The van der Waals surface area contributed by atoms with Crippen LogP contribution in [0.5, 0.6) is 0 Å². The topological polar surface area (TPSA) is 26.7 Å². The maximum absolute atomic E-state index is 10.1. The molecule has 0 amide bonds. The minimum Gasteiger partial charge on any atom is -0.390 e. The summed E-state index contributed by atoms with van der Waals surface area (Å²) >= 11 is 1.81. The molecular formula is C16H30N2OS. The first-order valence-corrected chi connectivity index (χ1v) is 8.12. The Balaban J connectivity index is 2.67. The molecule has 0 aromatic heterocycles. The van der Waals surface area contributed by atoms with E-state index in [2.05, 4.69) is 42.6 Å². The highest BCUT2D eigenvalue weighted by atomic mass is 32.2. The van der Waals surface area contributed by atoms with Gasteiger partial charge in [0.2, 0.25) is 0 Å².